The zero-order valence-electron chi connectivity index (χ0n) is 26.0. The molecule has 3 rings (SSSR count). The Kier molecular flexibility index (Phi) is 11.2. The molecular formula is C32H46N4O6. The molecule has 42 heavy (non-hydrogen) atoms. The second-order valence-electron chi connectivity index (χ2n) is 12.4. The minimum absolute atomic E-state index is 0.159. The highest BCUT2D eigenvalue weighted by Crippen LogP contribution is 2.20. The summed E-state index contributed by atoms with van der Waals surface area (Å²) in [6.07, 6.45) is -0.687. The number of hydrogen-bond acceptors (Lipinski definition) is 7. The van der Waals surface area contributed by atoms with Gasteiger partial charge in [0.2, 0.25) is 5.91 Å². The van der Waals surface area contributed by atoms with Crippen molar-refractivity contribution >= 4 is 23.8 Å². The Bertz CT molecular complexity index is 1170. The van der Waals surface area contributed by atoms with E-state index >= 15 is 0 Å². The highest BCUT2D eigenvalue weighted by Gasteiger charge is 2.28. The van der Waals surface area contributed by atoms with Crippen molar-refractivity contribution in [2.45, 2.75) is 65.2 Å². The van der Waals surface area contributed by atoms with Gasteiger partial charge < -0.3 is 29.3 Å². The number of likely N-dealkylation sites (N-methyl/N-ethyl adjacent to an activating group) is 1. The van der Waals surface area contributed by atoms with Crippen molar-refractivity contribution in [1.29, 1.82) is 0 Å². The molecule has 1 saturated heterocycles. The number of hydrogen-bond donors (Lipinski definition) is 1. The first-order valence-electron chi connectivity index (χ1n) is 14.4. The summed E-state index contributed by atoms with van der Waals surface area (Å²) in [6, 6.07) is 16.0. The predicted octanol–water partition coefficient (Wildman–Crippen LogP) is 4.72. The first kappa shape index (κ1) is 32.7. The van der Waals surface area contributed by atoms with Gasteiger partial charge in [0.25, 0.3) is 0 Å². The standard InChI is InChI=1S/C32H46N4O6/c1-31(2,3)41-26-15-13-24(14-16-26)23-27(28(37)34(7)25-11-9-8-10-12-25)33-29(38)40-22-21-35-17-19-36(20-18-35)30(39)42-32(4,5)6/h8-16,27H,17-23H2,1-7H3,(H,33,38)/t27-/m0/s1. The van der Waals surface area contributed by atoms with Gasteiger partial charge in [-0.25, -0.2) is 9.59 Å². The molecule has 230 valence electrons. The maximum atomic E-state index is 13.5. The van der Waals surface area contributed by atoms with Crippen molar-refractivity contribution in [2.75, 3.05) is 51.3 Å². The number of nitrogens with one attached hydrogen (secondary N) is 1. The van der Waals surface area contributed by atoms with Crippen LogP contribution in [0.1, 0.15) is 47.1 Å². The second kappa shape index (κ2) is 14.4. The SMILES string of the molecule is CN(C(=O)[C@H](Cc1ccc(OC(C)(C)C)cc1)NC(=O)OCCN1CCN(C(=O)OC(C)(C)C)CC1)c1ccccc1. The van der Waals surface area contributed by atoms with Crippen LogP contribution in [0.2, 0.25) is 0 Å². The summed E-state index contributed by atoms with van der Waals surface area (Å²) < 4.78 is 16.8. The predicted molar refractivity (Wildman–Crippen MR) is 163 cm³/mol. The molecule has 0 radical (unpaired) electrons. The Balaban J connectivity index is 1.56. The first-order chi connectivity index (χ1) is 19.7. The van der Waals surface area contributed by atoms with Crippen LogP contribution in [0, 0.1) is 0 Å². The lowest BCUT2D eigenvalue weighted by molar-refractivity contribution is -0.120. The van der Waals surface area contributed by atoms with E-state index in [0.29, 0.717) is 32.7 Å². The van der Waals surface area contributed by atoms with Crippen LogP contribution < -0.4 is 15.0 Å². The topological polar surface area (TPSA) is 101 Å². The summed E-state index contributed by atoms with van der Waals surface area (Å²) in [5.41, 5.74) is 0.741. The molecule has 1 atom stereocenters. The number of benzene rings is 2. The molecule has 10 heteroatoms. The molecule has 3 amide bonds. The molecule has 2 aromatic carbocycles. The fraction of sp³-hybridized carbons (Fsp3) is 0.531. The molecule has 0 spiro atoms. The summed E-state index contributed by atoms with van der Waals surface area (Å²) in [5, 5.41) is 2.78. The van der Waals surface area contributed by atoms with E-state index in [1.54, 1.807) is 11.9 Å². The van der Waals surface area contributed by atoms with Gasteiger partial charge in [0, 0.05) is 51.9 Å². The van der Waals surface area contributed by atoms with Crippen molar-refractivity contribution in [2.24, 2.45) is 0 Å². The maximum absolute atomic E-state index is 13.5. The molecule has 0 aromatic heterocycles. The number of amides is 3. The largest absolute Gasteiger partial charge is 0.488 e. The van der Waals surface area contributed by atoms with E-state index in [1.807, 2.05) is 96.1 Å². The molecule has 1 N–H and O–H groups in total. The Labute approximate surface area is 249 Å². The van der Waals surface area contributed by atoms with Gasteiger partial charge >= 0.3 is 12.2 Å². The van der Waals surface area contributed by atoms with Crippen LogP contribution >= 0.6 is 0 Å². The monoisotopic (exact) mass is 582 g/mol. The molecule has 2 aromatic rings. The van der Waals surface area contributed by atoms with Gasteiger partial charge in [0.05, 0.1) is 0 Å². The Morgan fingerprint density at radius 2 is 1.50 bits per heavy atom. The molecule has 1 aliphatic rings. The Morgan fingerprint density at radius 3 is 2.07 bits per heavy atom. The van der Waals surface area contributed by atoms with Crippen LogP contribution in [-0.2, 0) is 20.7 Å². The van der Waals surface area contributed by atoms with Gasteiger partial charge in [-0.2, -0.15) is 0 Å². The van der Waals surface area contributed by atoms with Crippen LogP contribution in [0.4, 0.5) is 15.3 Å². The van der Waals surface area contributed by atoms with Crippen LogP contribution in [0.3, 0.4) is 0 Å². The summed E-state index contributed by atoms with van der Waals surface area (Å²) >= 11 is 0. The normalized spacial score (nSPS) is 15.0. The van der Waals surface area contributed by atoms with E-state index in [0.717, 1.165) is 17.0 Å². The summed E-state index contributed by atoms with van der Waals surface area (Å²) in [6.45, 7) is 14.6. The Morgan fingerprint density at radius 1 is 0.881 bits per heavy atom. The molecule has 10 nitrogen and oxygen atoms in total. The van der Waals surface area contributed by atoms with E-state index in [9.17, 15) is 14.4 Å². The summed E-state index contributed by atoms with van der Waals surface area (Å²) in [4.78, 5) is 44.0. The van der Waals surface area contributed by atoms with E-state index in [-0.39, 0.29) is 30.6 Å². The lowest BCUT2D eigenvalue weighted by Crippen LogP contribution is -2.51. The third-order valence-corrected chi connectivity index (χ3v) is 6.52. The van der Waals surface area contributed by atoms with Crippen molar-refractivity contribution in [1.82, 2.24) is 15.1 Å². The number of rotatable bonds is 9. The lowest BCUT2D eigenvalue weighted by atomic mass is 10.0. The molecule has 1 fully saturated rings. The van der Waals surface area contributed by atoms with E-state index in [1.165, 1.54) is 4.90 Å². The van der Waals surface area contributed by atoms with Crippen LogP contribution in [0.5, 0.6) is 5.75 Å². The average Bonchev–Trinajstić information content (AvgIpc) is 2.92. The van der Waals surface area contributed by atoms with Crippen LogP contribution in [0.25, 0.3) is 0 Å². The molecule has 0 aliphatic carbocycles. The van der Waals surface area contributed by atoms with Crippen molar-refractivity contribution in [3.05, 3.63) is 60.2 Å². The third kappa shape index (κ3) is 10.9. The molecule has 0 saturated carbocycles. The van der Waals surface area contributed by atoms with Gasteiger partial charge in [-0.15, -0.1) is 0 Å². The van der Waals surface area contributed by atoms with Gasteiger partial charge in [-0.05, 0) is 71.4 Å². The fourth-order valence-corrected chi connectivity index (χ4v) is 4.43. The van der Waals surface area contributed by atoms with Crippen molar-refractivity contribution in [3.8, 4) is 5.75 Å². The van der Waals surface area contributed by atoms with Gasteiger partial charge in [-0.3, -0.25) is 9.69 Å². The average molecular weight is 583 g/mol. The summed E-state index contributed by atoms with van der Waals surface area (Å²) in [7, 11) is 1.69. The van der Waals surface area contributed by atoms with E-state index in [2.05, 4.69) is 10.2 Å². The van der Waals surface area contributed by atoms with Crippen molar-refractivity contribution < 1.29 is 28.6 Å². The van der Waals surface area contributed by atoms with Crippen molar-refractivity contribution in [3.63, 3.8) is 0 Å². The number of anilines is 1. The number of carbonyl (C=O) groups excluding carboxylic acids is 3. The molecule has 1 heterocycles. The minimum Gasteiger partial charge on any atom is -0.488 e. The summed E-state index contributed by atoms with van der Waals surface area (Å²) in [5.74, 6) is 0.473. The molecular weight excluding hydrogens is 536 g/mol. The van der Waals surface area contributed by atoms with Crippen LogP contribution in [-0.4, -0.2) is 91.5 Å². The molecule has 0 unspecified atom stereocenters. The Hall–Kier alpha value is -3.79. The highest BCUT2D eigenvalue weighted by molar-refractivity contribution is 5.98. The highest BCUT2D eigenvalue weighted by atomic mass is 16.6. The fourth-order valence-electron chi connectivity index (χ4n) is 4.43. The zero-order chi connectivity index (χ0) is 30.9. The molecule has 0 bridgehead atoms. The van der Waals surface area contributed by atoms with Gasteiger partial charge in [0.15, 0.2) is 0 Å². The number of piperazine rings is 1. The number of nitrogens with zero attached hydrogens (tertiary/aromatic N) is 3. The molecule has 1 aliphatic heterocycles. The van der Waals surface area contributed by atoms with E-state index < -0.39 is 17.7 Å². The number of ether oxygens (including phenoxy) is 3. The minimum atomic E-state index is -0.838. The first-order valence-corrected chi connectivity index (χ1v) is 14.4. The lowest BCUT2D eigenvalue weighted by Gasteiger charge is -2.35. The quantitative estimate of drug-likeness (QED) is 0.457. The zero-order valence-corrected chi connectivity index (χ0v) is 26.0. The second-order valence-corrected chi connectivity index (χ2v) is 12.4. The van der Waals surface area contributed by atoms with Crippen LogP contribution in [0.15, 0.2) is 54.6 Å². The number of carbonyl (C=O) groups is 3. The number of para-hydroxylation sites is 1. The van der Waals surface area contributed by atoms with E-state index in [4.69, 9.17) is 14.2 Å². The smallest absolute Gasteiger partial charge is 0.410 e. The third-order valence-electron chi connectivity index (χ3n) is 6.52. The number of alkyl carbamates (subject to hydrolysis) is 1. The van der Waals surface area contributed by atoms with Gasteiger partial charge in [-0.1, -0.05) is 30.3 Å². The maximum Gasteiger partial charge on any atom is 0.410 e. The van der Waals surface area contributed by atoms with Gasteiger partial charge in [0.1, 0.15) is 29.6 Å².